The maximum absolute atomic E-state index is 12.9. The van der Waals surface area contributed by atoms with Gasteiger partial charge in [0.1, 0.15) is 5.82 Å². The highest BCUT2D eigenvalue weighted by Crippen LogP contribution is 2.41. The largest absolute Gasteiger partial charge is 0.355 e. The molecule has 5 heteroatoms. The van der Waals surface area contributed by atoms with E-state index in [-0.39, 0.29) is 17.4 Å². The van der Waals surface area contributed by atoms with Crippen molar-refractivity contribution in [2.45, 2.75) is 37.6 Å². The first-order valence-electron chi connectivity index (χ1n) is 9.15. The molecule has 0 atom stereocenters. The molecule has 5 nitrogen and oxygen atoms in total. The number of piperidine rings is 1. The molecule has 2 fully saturated rings. The highest BCUT2D eigenvalue weighted by atomic mass is 16.2. The smallest absolute Gasteiger partial charge is 0.223 e. The Morgan fingerprint density at radius 3 is 2.48 bits per heavy atom. The van der Waals surface area contributed by atoms with Gasteiger partial charge in [-0.15, -0.1) is 0 Å². The Bertz CT molecular complexity index is 707. The van der Waals surface area contributed by atoms with E-state index in [0.29, 0.717) is 0 Å². The first-order chi connectivity index (χ1) is 12.3. The Morgan fingerprint density at radius 1 is 1.12 bits per heavy atom. The molecule has 2 aromatic rings. The van der Waals surface area contributed by atoms with E-state index in [1.165, 1.54) is 12.0 Å². The van der Waals surface area contributed by atoms with Gasteiger partial charge in [0.05, 0.1) is 11.7 Å². The zero-order chi connectivity index (χ0) is 17.1. The summed E-state index contributed by atoms with van der Waals surface area (Å²) < 4.78 is 0. The number of anilines is 1. The molecule has 1 aliphatic carbocycles. The fraction of sp³-hybridized carbons (Fsp3) is 0.450. The van der Waals surface area contributed by atoms with E-state index < -0.39 is 0 Å². The van der Waals surface area contributed by atoms with Crippen molar-refractivity contribution >= 4 is 11.7 Å². The first-order valence-corrected chi connectivity index (χ1v) is 9.15. The standard InChI is InChI=1S/C20H24N4O/c25-19(23-20(9-4-10-20)17-5-2-1-3-6-17)16-7-13-24(14-8-16)18-15-21-11-12-22-18/h1-3,5-6,11-12,15-16H,4,7-10,13-14H2,(H,23,25). The molecule has 1 aromatic heterocycles. The van der Waals surface area contributed by atoms with Gasteiger partial charge in [-0.3, -0.25) is 9.78 Å². The van der Waals surface area contributed by atoms with Crippen molar-refractivity contribution in [3.05, 3.63) is 54.5 Å². The molecule has 130 valence electrons. The molecular formula is C20H24N4O. The summed E-state index contributed by atoms with van der Waals surface area (Å²) in [6.45, 7) is 1.71. The van der Waals surface area contributed by atoms with E-state index in [0.717, 1.165) is 44.6 Å². The summed E-state index contributed by atoms with van der Waals surface area (Å²) in [7, 11) is 0. The molecule has 1 N–H and O–H groups in total. The molecule has 1 amide bonds. The number of carbonyl (C=O) groups excluding carboxylic acids is 1. The molecule has 1 saturated carbocycles. The monoisotopic (exact) mass is 336 g/mol. The topological polar surface area (TPSA) is 58.1 Å². The maximum atomic E-state index is 12.9. The molecule has 1 saturated heterocycles. The normalized spacial score (nSPS) is 19.9. The molecule has 0 bridgehead atoms. The number of nitrogens with zero attached hydrogens (tertiary/aromatic N) is 3. The van der Waals surface area contributed by atoms with Gasteiger partial charge in [0.15, 0.2) is 0 Å². The van der Waals surface area contributed by atoms with Crippen LogP contribution in [0.1, 0.15) is 37.7 Å². The summed E-state index contributed by atoms with van der Waals surface area (Å²) in [6, 6.07) is 10.4. The van der Waals surface area contributed by atoms with Gasteiger partial charge in [-0.2, -0.15) is 0 Å². The van der Waals surface area contributed by atoms with E-state index in [9.17, 15) is 4.79 Å². The van der Waals surface area contributed by atoms with Crippen LogP contribution in [0.3, 0.4) is 0 Å². The third-order valence-corrected chi connectivity index (χ3v) is 5.64. The number of aromatic nitrogens is 2. The minimum Gasteiger partial charge on any atom is -0.355 e. The highest BCUT2D eigenvalue weighted by molar-refractivity contribution is 5.80. The summed E-state index contributed by atoms with van der Waals surface area (Å²) >= 11 is 0. The maximum Gasteiger partial charge on any atom is 0.223 e. The van der Waals surface area contributed by atoms with Crippen LogP contribution in [0.15, 0.2) is 48.9 Å². The van der Waals surface area contributed by atoms with E-state index in [4.69, 9.17) is 0 Å². The number of nitrogens with one attached hydrogen (secondary N) is 1. The van der Waals surface area contributed by atoms with Gasteiger partial charge in [-0.25, -0.2) is 4.98 Å². The predicted molar refractivity (Wildman–Crippen MR) is 97.1 cm³/mol. The van der Waals surface area contributed by atoms with Crippen LogP contribution in [0.4, 0.5) is 5.82 Å². The quantitative estimate of drug-likeness (QED) is 0.933. The third kappa shape index (κ3) is 3.23. The third-order valence-electron chi connectivity index (χ3n) is 5.64. The van der Waals surface area contributed by atoms with Crippen molar-refractivity contribution in [3.8, 4) is 0 Å². The van der Waals surface area contributed by atoms with Crippen molar-refractivity contribution in [3.63, 3.8) is 0 Å². The van der Waals surface area contributed by atoms with Gasteiger partial charge in [0.25, 0.3) is 0 Å². The lowest BCUT2D eigenvalue weighted by Gasteiger charge is -2.44. The lowest BCUT2D eigenvalue weighted by Crippen LogP contribution is -2.53. The summed E-state index contributed by atoms with van der Waals surface area (Å²) in [5.74, 6) is 1.21. The number of hydrogen-bond donors (Lipinski definition) is 1. The van der Waals surface area contributed by atoms with Gasteiger partial charge >= 0.3 is 0 Å². The lowest BCUT2D eigenvalue weighted by atomic mass is 9.71. The average Bonchev–Trinajstić information content (AvgIpc) is 2.66. The van der Waals surface area contributed by atoms with Crippen molar-refractivity contribution in [2.24, 2.45) is 5.92 Å². The van der Waals surface area contributed by atoms with Gasteiger partial charge < -0.3 is 10.2 Å². The fourth-order valence-electron chi connectivity index (χ4n) is 3.94. The van der Waals surface area contributed by atoms with Gasteiger partial charge in [0.2, 0.25) is 5.91 Å². The van der Waals surface area contributed by atoms with E-state index in [1.54, 1.807) is 18.6 Å². The minimum absolute atomic E-state index is 0.0918. The average molecular weight is 336 g/mol. The summed E-state index contributed by atoms with van der Waals surface area (Å²) in [4.78, 5) is 23.6. The van der Waals surface area contributed by atoms with E-state index >= 15 is 0 Å². The first kappa shape index (κ1) is 16.1. The number of amides is 1. The van der Waals surface area contributed by atoms with Crippen molar-refractivity contribution in [1.29, 1.82) is 0 Å². The Kier molecular flexibility index (Phi) is 4.38. The zero-order valence-electron chi connectivity index (χ0n) is 14.4. The number of benzene rings is 1. The van der Waals surface area contributed by atoms with Crippen LogP contribution in [0.5, 0.6) is 0 Å². The van der Waals surface area contributed by atoms with Crippen molar-refractivity contribution in [1.82, 2.24) is 15.3 Å². The molecule has 1 aromatic carbocycles. The van der Waals surface area contributed by atoms with Crippen LogP contribution < -0.4 is 10.2 Å². The highest BCUT2D eigenvalue weighted by Gasteiger charge is 2.41. The van der Waals surface area contributed by atoms with Crippen LogP contribution in [-0.2, 0) is 10.3 Å². The minimum atomic E-state index is -0.139. The molecule has 0 radical (unpaired) electrons. The summed E-state index contributed by atoms with van der Waals surface area (Å²) in [5, 5.41) is 3.39. The van der Waals surface area contributed by atoms with Crippen LogP contribution in [0, 0.1) is 5.92 Å². The van der Waals surface area contributed by atoms with Gasteiger partial charge in [-0.1, -0.05) is 30.3 Å². The molecule has 4 rings (SSSR count). The Morgan fingerprint density at radius 2 is 1.88 bits per heavy atom. The van der Waals surface area contributed by atoms with Crippen LogP contribution in [0.2, 0.25) is 0 Å². The second-order valence-corrected chi connectivity index (χ2v) is 7.12. The Hall–Kier alpha value is -2.43. The molecule has 2 aliphatic rings. The van der Waals surface area contributed by atoms with E-state index in [1.807, 2.05) is 6.07 Å². The van der Waals surface area contributed by atoms with Crippen LogP contribution in [-0.4, -0.2) is 29.0 Å². The summed E-state index contributed by atoms with van der Waals surface area (Å²) in [6.07, 6.45) is 10.2. The van der Waals surface area contributed by atoms with Crippen LogP contribution in [0.25, 0.3) is 0 Å². The van der Waals surface area contributed by atoms with Crippen LogP contribution >= 0.6 is 0 Å². The molecule has 0 unspecified atom stereocenters. The summed E-state index contributed by atoms with van der Waals surface area (Å²) in [5.41, 5.74) is 1.10. The number of carbonyl (C=O) groups is 1. The second-order valence-electron chi connectivity index (χ2n) is 7.12. The molecule has 1 aliphatic heterocycles. The number of rotatable bonds is 4. The molecule has 0 spiro atoms. The molecular weight excluding hydrogens is 312 g/mol. The SMILES string of the molecule is O=C(NC1(c2ccccc2)CCC1)C1CCN(c2cnccn2)CC1. The fourth-order valence-corrected chi connectivity index (χ4v) is 3.94. The van der Waals surface area contributed by atoms with Crippen molar-refractivity contribution in [2.75, 3.05) is 18.0 Å². The van der Waals surface area contributed by atoms with Crippen molar-refractivity contribution < 1.29 is 4.79 Å². The zero-order valence-corrected chi connectivity index (χ0v) is 14.4. The lowest BCUT2D eigenvalue weighted by molar-refractivity contribution is -0.129. The predicted octanol–water partition coefficient (Wildman–Crippen LogP) is 2.89. The van der Waals surface area contributed by atoms with E-state index in [2.05, 4.69) is 44.5 Å². The molecule has 25 heavy (non-hydrogen) atoms. The van der Waals surface area contributed by atoms with Gasteiger partial charge in [0, 0.05) is 31.4 Å². The Labute approximate surface area is 148 Å². The molecule has 2 heterocycles. The van der Waals surface area contributed by atoms with Gasteiger partial charge in [-0.05, 0) is 37.7 Å². The Balaban J connectivity index is 1.38. The second kappa shape index (κ2) is 6.82. The number of hydrogen-bond acceptors (Lipinski definition) is 4.